The van der Waals surface area contributed by atoms with Gasteiger partial charge in [0, 0.05) is 20.1 Å². The van der Waals surface area contributed by atoms with Crippen LogP contribution >= 0.6 is 0 Å². The third-order valence-electron chi connectivity index (χ3n) is 2.92. The predicted octanol–water partition coefficient (Wildman–Crippen LogP) is 2.55. The van der Waals surface area contributed by atoms with Crippen molar-refractivity contribution >= 4 is 0 Å². The maximum absolute atomic E-state index is 10.3. The third-order valence-corrected chi connectivity index (χ3v) is 2.92. The van der Waals surface area contributed by atoms with Crippen molar-refractivity contribution in [3.05, 3.63) is 34.9 Å². The summed E-state index contributed by atoms with van der Waals surface area (Å²) in [5.74, 6) is 0. The molecule has 0 saturated carbocycles. The summed E-state index contributed by atoms with van der Waals surface area (Å²) in [5.41, 5.74) is 2.63. The molecule has 15 heavy (non-hydrogen) atoms. The molecular formula is C13H20O2. The first-order chi connectivity index (χ1) is 6.97. The first-order valence-electron chi connectivity index (χ1n) is 5.26. The van der Waals surface area contributed by atoms with Crippen molar-refractivity contribution in [2.24, 2.45) is 0 Å². The fourth-order valence-corrected chi connectivity index (χ4v) is 1.52. The smallest absolute Gasteiger partial charge is 0.0890 e. The Balaban J connectivity index is 2.89. The number of rotatable bonds is 4. The zero-order valence-corrected chi connectivity index (χ0v) is 10.0. The summed E-state index contributed by atoms with van der Waals surface area (Å²) in [6, 6.07) is 6.08. The Morgan fingerprint density at radius 2 is 1.93 bits per heavy atom. The average molecular weight is 208 g/mol. The number of hydrogen-bond acceptors (Lipinski definition) is 2. The van der Waals surface area contributed by atoms with Crippen LogP contribution in [0.5, 0.6) is 0 Å². The first-order valence-corrected chi connectivity index (χ1v) is 5.26. The van der Waals surface area contributed by atoms with E-state index in [1.165, 1.54) is 11.1 Å². The largest absolute Gasteiger partial charge is 0.385 e. The Bertz CT molecular complexity index is 329. The molecule has 0 saturated heterocycles. The van der Waals surface area contributed by atoms with Crippen LogP contribution in [0.2, 0.25) is 0 Å². The molecule has 0 aromatic heterocycles. The molecule has 0 amide bonds. The number of ether oxygens (including phenoxy) is 1. The van der Waals surface area contributed by atoms with Crippen LogP contribution in [0, 0.1) is 13.8 Å². The summed E-state index contributed by atoms with van der Waals surface area (Å²) in [4.78, 5) is 0. The number of hydrogen-bond donors (Lipinski definition) is 1. The van der Waals surface area contributed by atoms with E-state index in [0.717, 1.165) is 5.56 Å². The van der Waals surface area contributed by atoms with Gasteiger partial charge in [0.2, 0.25) is 0 Å². The molecule has 0 aliphatic rings. The van der Waals surface area contributed by atoms with Gasteiger partial charge in [-0.25, -0.2) is 0 Å². The molecule has 0 aliphatic carbocycles. The standard InChI is InChI=1S/C13H20O2/c1-10-5-6-12(9-11(10)2)13(3,14)7-8-15-4/h5-6,9,14H,7-8H2,1-4H3. The maximum atomic E-state index is 10.3. The number of aryl methyl sites for hydroxylation is 2. The van der Waals surface area contributed by atoms with Gasteiger partial charge in [0.25, 0.3) is 0 Å². The van der Waals surface area contributed by atoms with Crippen LogP contribution in [0.4, 0.5) is 0 Å². The maximum Gasteiger partial charge on any atom is 0.0890 e. The Kier molecular flexibility index (Phi) is 3.89. The zero-order chi connectivity index (χ0) is 11.5. The lowest BCUT2D eigenvalue weighted by Crippen LogP contribution is -2.23. The first kappa shape index (κ1) is 12.2. The molecule has 84 valence electrons. The fraction of sp³-hybridized carbons (Fsp3) is 0.538. The van der Waals surface area contributed by atoms with Crippen LogP contribution in [0.25, 0.3) is 0 Å². The molecule has 0 radical (unpaired) electrons. The zero-order valence-electron chi connectivity index (χ0n) is 10.0. The van der Waals surface area contributed by atoms with Crippen molar-refractivity contribution in [3.63, 3.8) is 0 Å². The van der Waals surface area contributed by atoms with Gasteiger partial charge in [-0.05, 0) is 37.5 Å². The second-order valence-electron chi connectivity index (χ2n) is 4.32. The molecule has 1 N–H and O–H groups in total. The average Bonchev–Trinajstić information content (AvgIpc) is 2.19. The molecule has 0 fully saturated rings. The van der Waals surface area contributed by atoms with Gasteiger partial charge in [0.1, 0.15) is 0 Å². The Morgan fingerprint density at radius 1 is 1.27 bits per heavy atom. The summed E-state index contributed by atoms with van der Waals surface area (Å²) in [7, 11) is 1.65. The minimum Gasteiger partial charge on any atom is -0.385 e. The van der Waals surface area contributed by atoms with Gasteiger partial charge in [-0.3, -0.25) is 0 Å². The topological polar surface area (TPSA) is 29.5 Å². The van der Waals surface area contributed by atoms with E-state index in [1.54, 1.807) is 7.11 Å². The lowest BCUT2D eigenvalue weighted by atomic mass is 9.90. The van der Waals surface area contributed by atoms with E-state index in [9.17, 15) is 5.11 Å². The second-order valence-corrected chi connectivity index (χ2v) is 4.32. The fourth-order valence-electron chi connectivity index (χ4n) is 1.52. The highest BCUT2D eigenvalue weighted by Crippen LogP contribution is 2.26. The number of aliphatic hydroxyl groups is 1. The molecule has 0 bridgehead atoms. The lowest BCUT2D eigenvalue weighted by Gasteiger charge is -2.24. The monoisotopic (exact) mass is 208 g/mol. The number of benzene rings is 1. The Hall–Kier alpha value is -0.860. The minimum absolute atomic E-state index is 0.569. The second kappa shape index (κ2) is 4.77. The van der Waals surface area contributed by atoms with Crippen LogP contribution < -0.4 is 0 Å². The quantitative estimate of drug-likeness (QED) is 0.824. The van der Waals surface area contributed by atoms with Crippen LogP contribution in [0.1, 0.15) is 30.0 Å². The predicted molar refractivity (Wildman–Crippen MR) is 62.0 cm³/mol. The van der Waals surface area contributed by atoms with E-state index >= 15 is 0 Å². The van der Waals surface area contributed by atoms with Crippen molar-refractivity contribution < 1.29 is 9.84 Å². The van der Waals surface area contributed by atoms with Gasteiger partial charge in [-0.1, -0.05) is 18.2 Å². The SMILES string of the molecule is COCCC(C)(O)c1ccc(C)c(C)c1. The molecule has 0 aliphatic heterocycles. The molecule has 1 aromatic rings. The molecule has 2 nitrogen and oxygen atoms in total. The molecule has 0 spiro atoms. The van der Waals surface area contributed by atoms with E-state index in [1.807, 2.05) is 25.1 Å². The van der Waals surface area contributed by atoms with Gasteiger partial charge >= 0.3 is 0 Å². The highest BCUT2D eigenvalue weighted by Gasteiger charge is 2.22. The minimum atomic E-state index is -0.797. The highest BCUT2D eigenvalue weighted by molar-refractivity contribution is 5.32. The van der Waals surface area contributed by atoms with Gasteiger partial charge in [0.05, 0.1) is 5.60 Å². The van der Waals surface area contributed by atoms with E-state index in [-0.39, 0.29) is 0 Å². The van der Waals surface area contributed by atoms with Crippen LogP contribution in [-0.4, -0.2) is 18.8 Å². The van der Waals surface area contributed by atoms with Crippen LogP contribution in [0.15, 0.2) is 18.2 Å². The van der Waals surface area contributed by atoms with Crippen molar-refractivity contribution in [1.82, 2.24) is 0 Å². The molecule has 0 heterocycles. The molecule has 1 aromatic carbocycles. The van der Waals surface area contributed by atoms with E-state index < -0.39 is 5.60 Å². The summed E-state index contributed by atoms with van der Waals surface area (Å²) in [6.45, 7) is 6.53. The van der Waals surface area contributed by atoms with Gasteiger partial charge < -0.3 is 9.84 Å². The third kappa shape index (κ3) is 3.05. The molecule has 1 rings (SSSR count). The summed E-state index contributed by atoms with van der Waals surface area (Å²) in [6.07, 6.45) is 0.617. The van der Waals surface area contributed by atoms with E-state index in [4.69, 9.17) is 4.74 Å². The Morgan fingerprint density at radius 3 is 2.47 bits per heavy atom. The highest BCUT2D eigenvalue weighted by atomic mass is 16.5. The van der Waals surface area contributed by atoms with E-state index in [0.29, 0.717) is 13.0 Å². The molecular weight excluding hydrogens is 188 g/mol. The molecule has 1 atom stereocenters. The molecule has 2 heteroatoms. The lowest BCUT2D eigenvalue weighted by molar-refractivity contribution is 0.0210. The van der Waals surface area contributed by atoms with Crippen molar-refractivity contribution in [2.75, 3.05) is 13.7 Å². The Labute approximate surface area is 91.9 Å². The van der Waals surface area contributed by atoms with Crippen molar-refractivity contribution in [3.8, 4) is 0 Å². The normalized spacial score (nSPS) is 15.0. The van der Waals surface area contributed by atoms with Gasteiger partial charge in [-0.15, -0.1) is 0 Å². The van der Waals surface area contributed by atoms with E-state index in [2.05, 4.69) is 13.8 Å². The summed E-state index contributed by atoms with van der Waals surface area (Å²) < 4.78 is 4.99. The number of methoxy groups -OCH3 is 1. The van der Waals surface area contributed by atoms with Gasteiger partial charge in [0.15, 0.2) is 0 Å². The van der Waals surface area contributed by atoms with Crippen LogP contribution in [-0.2, 0) is 10.3 Å². The summed E-state index contributed by atoms with van der Waals surface area (Å²) in [5, 5.41) is 10.3. The summed E-state index contributed by atoms with van der Waals surface area (Å²) >= 11 is 0. The van der Waals surface area contributed by atoms with Crippen LogP contribution in [0.3, 0.4) is 0 Å². The van der Waals surface area contributed by atoms with Gasteiger partial charge in [-0.2, -0.15) is 0 Å². The van der Waals surface area contributed by atoms with Crippen molar-refractivity contribution in [1.29, 1.82) is 0 Å². The van der Waals surface area contributed by atoms with Crippen molar-refractivity contribution in [2.45, 2.75) is 32.8 Å². The molecule has 1 unspecified atom stereocenters.